The summed E-state index contributed by atoms with van der Waals surface area (Å²) in [5, 5.41) is 9.95. The SMILES string of the molecule is CN(CCNCc1cc(Br)cs1)Cc1ccsc1. The van der Waals surface area contributed by atoms with Crippen LogP contribution in [-0.4, -0.2) is 25.0 Å². The molecule has 0 saturated heterocycles. The van der Waals surface area contributed by atoms with Gasteiger partial charge in [-0.1, -0.05) is 0 Å². The third-order valence-corrected chi connectivity index (χ3v) is 5.05. The van der Waals surface area contributed by atoms with Gasteiger partial charge in [0.25, 0.3) is 0 Å². The third-order valence-electron chi connectivity index (χ3n) is 2.62. The van der Waals surface area contributed by atoms with Crippen LogP contribution in [0, 0.1) is 0 Å². The molecule has 1 N–H and O–H groups in total. The van der Waals surface area contributed by atoms with E-state index in [0.717, 1.165) is 26.2 Å². The molecule has 5 heteroatoms. The van der Waals surface area contributed by atoms with Gasteiger partial charge in [0.2, 0.25) is 0 Å². The van der Waals surface area contributed by atoms with Crippen LogP contribution in [0.1, 0.15) is 10.4 Å². The van der Waals surface area contributed by atoms with Crippen LogP contribution in [0.2, 0.25) is 0 Å². The molecule has 0 aliphatic carbocycles. The van der Waals surface area contributed by atoms with Crippen molar-refractivity contribution < 1.29 is 0 Å². The molecule has 0 aliphatic heterocycles. The van der Waals surface area contributed by atoms with Gasteiger partial charge in [-0.2, -0.15) is 11.3 Å². The van der Waals surface area contributed by atoms with Crippen LogP contribution in [0.3, 0.4) is 0 Å². The third kappa shape index (κ3) is 4.82. The number of hydrogen-bond acceptors (Lipinski definition) is 4. The molecule has 2 nitrogen and oxygen atoms in total. The van der Waals surface area contributed by atoms with Gasteiger partial charge in [0, 0.05) is 40.9 Å². The molecule has 0 spiro atoms. The average molecular weight is 345 g/mol. The molecule has 2 rings (SSSR count). The largest absolute Gasteiger partial charge is 0.311 e. The maximum Gasteiger partial charge on any atom is 0.0300 e. The molecule has 2 aromatic heterocycles. The maximum absolute atomic E-state index is 3.48. The van der Waals surface area contributed by atoms with Crippen molar-refractivity contribution in [3.05, 3.63) is 43.2 Å². The number of nitrogens with zero attached hydrogens (tertiary/aromatic N) is 1. The molecule has 18 heavy (non-hydrogen) atoms. The minimum Gasteiger partial charge on any atom is -0.311 e. The fourth-order valence-corrected chi connectivity index (χ4v) is 3.78. The van der Waals surface area contributed by atoms with E-state index in [9.17, 15) is 0 Å². The highest BCUT2D eigenvalue weighted by atomic mass is 79.9. The summed E-state index contributed by atoms with van der Waals surface area (Å²) in [4.78, 5) is 3.72. The van der Waals surface area contributed by atoms with E-state index in [1.165, 1.54) is 14.9 Å². The van der Waals surface area contributed by atoms with E-state index in [0.29, 0.717) is 0 Å². The summed E-state index contributed by atoms with van der Waals surface area (Å²) in [5.74, 6) is 0. The molecule has 0 aromatic carbocycles. The van der Waals surface area contributed by atoms with E-state index in [1.54, 1.807) is 22.7 Å². The average Bonchev–Trinajstić information content (AvgIpc) is 2.96. The highest BCUT2D eigenvalue weighted by molar-refractivity contribution is 9.10. The van der Waals surface area contributed by atoms with Crippen LogP contribution in [0.5, 0.6) is 0 Å². The number of rotatable bonds is 7. The van der Waals surface area contributed by atoms with Crippen molar-refractivity contribution in [3.8, 4) is 0 Å². The minimum absolute atomic E-state index is 0.961. The van der Waals surface area contributed by atoms with E-state index in [2.05, 4.69) is 61.5 Å². The van der Waals surface area contributed by atoms with Crippen LogP contribution in [0.4, 0.5) is 0 Å². The number of hydrogen-bond donors (Lipinski definition) is 1. The normalized spacial score (nSPS) is 11.3. The van der Waals surface area contributed by atoms with Gasteiger partial charge in [-0.3, -0.25) is 0 Å². The van der Waals surface area contributed by atoms with E-state index in [4.69, 9.17) is 0 Å². The molecular weight excluding hydrogens is 328 g/mol. The van der Waals surface area contributed by atoms with E-state index < -0.39 is 0 Å². The van der Waals surface area contributed by atoms with E-state index in [1.807, 2.05) is 0 Å². The van der Waals surface area contributed by atoms with Crippen molar-refractivity contribution in [2.24, 2.45) is 0 Å². The van der Waals surface area contributed by atoms with Crippen LogP contribution in [0.15, 0.2) is 32.7 Å². The predicted molar refractivity (Wildman–Crippen MR) is 84.4 cm³/mol. The monoisotopic (exact) mass is 344 g/mol. The Labute approximate surface area is 125 Å². The lowest BCUT2D eigenvalue weighted by Crippen LogP contribution is -2.28. The summed E-state index contributed by atoms with van der Waals surface area (Å²) in [6.07, 6.45) is 0. The molecule has 0 radical (unpaired) electrons. The van der Waals surface area contributed by atoms with Crippen molar-refractivity contribution in [2.75, 3.05) is 20.1 Å². The second-order valence-corrected chi connectivity index (χ2v) is 6.97. The van der Waals surface area contributed by atoms with Gasteiger partial charge in [-0.15, -0.1) is 11.3 Å². The quantitative estimate of drug-likeness (QED) is 0.768. The summed E-state index contributed by atoms with van der Waals surface area (Å²) in [6.45, 7) is 4.09. The summed E-state index contributed by atoms with van der Waals surface area (Å²) in [6, 6.07) is 4.37. The topological polar surface area (TPSA) is 15.3 Å². The highest BCUT2D eigenvalue weighted by Crippen LogP contribution is 2.19. The summed E-state index contributed by atoms with van der Waals surface area (Å²) < 4.78 is 1.18. The molecule has 0 amide bonds. The lowest BCUT2D eigenvalue weighted by Gasteiger charge is -2.15. The van der Waals surface area contributed by atoms with Gasteiger partial charge >= 0.3 is 0 Å². The zero-order chi connectivity index (χ0) is 12.8. The zero-order valence-electron chi connectivity index (χ0n) is 10.4. The lowest BCUT2D eigenvalue weighted by molar-refractivity contribution is 0.325. The Balaban J connectivity index is 1.60. The lowest BCUT2D eigenvalue weighted by atomic mass is 10.3. The molecule has 0 bridgehead atoms. The molecule has 0 atom stereocenters. The van der Waals surface area contributed by atoms with Crippen molar-refractivity contribution in [1.82, 2.24) is 10.2 Å². The molecular formula is C13H17BrN2S2. The Morgan fingerprint density at radius 1 is 1.39 bits per heavy atom. The van der Waals surface area contributed by atoms with Gasteiger partial charge < -0.3 is 10.2 Å². The summed E-state index contributed by atoms with van der Waals surface area (Å²) in [5.41, 5.74) is 1.41. The van der Waals surface area contributed by atoms with Crippen LogP contribution < -0.4 is 5.32 Å². The first kappa shape index (κ1) is 14.2. The highest BCUT2D eigenvalue weighted by Gasteiger charge is 2.01. The smallest absolute Gasteiger partial charge is 0.0300 e. The maximum atomic E-state index is 3.48. The van der Waals surface area contributed by atoms with Gasteiger partial charge in [-0.05, 0) is 51.4 Å². The fourth-order valence-electron chi connectivity index (χ4n) is 1.70. The van der Waals surface area contributed by atoms with Crippen LogP contribution >= 0.6 is 38.6 Å². The van der Waals surface area contributed by atoms with E-state index in [-0.39, 0.29) is 0 Å². The first-order valence-electron chi connectivity index (χ1n) is 5.87. The molecule has 2 heterocycles. The second-order valence-electron chi connectivity index (χ2n) is 4.28. The molecule has 2 aromatic rings. The first-order chi connectivity index (χ1) is 8.74. The van der Waals surface area contributed by atoms with Gasteiger partial charge in [-0.25, -0.2) is 0 Å². The van der Waals surface area contributed by atoms with Gasteiger partial charge in [0.15, 0.2) is 0 Å². The van der Waals surface area contributed by atoms with Crippen LogP contribution in [-0.2, 0) is 13.1 Å². The molecule has 0 fully saturated rings. The summed E-state index contributed by atoms with van der Waals surface area (Å²) in [7, 11) is 2.17. The Hall–Kier alpha value is -0.200. The second kappa shape index (κ2) is 7.40. The van der Waals surface area contributed by atoms with Gasteiger partial charge in [0.05, 0.1) is 0 Å². The Morgan fingerprint density at radius 3 is 2.94 bits per heavy atom. The Bertz CT molecular complexity index is 453. The molecule has 0 saturated carbocycles. The number of thiophene rings is 2. The van der Waals surface area contributed by atoms with Crippen molar-refractivity contribution in [3.63, 3.8) is 0 Å². The first-order valence-corrected chi connectivity index (χ1v) is 8.49. The Kier molecular flexibility index (Phi) is 5.85. The molecule has 0 aliphatic rings. The van der Waals surface area contributed by atoms with Crippen molar-refractivity contribution >= 4 is 38.6 Å². The molecule has 98 valence electrons. The van der Waals surface area contributed by atoms with Crippen molar-refractivity contribution in [1.29, 1.82) is 0 Å². The van der Waals surface area contributed by atoms with Gasteiger partial charge in [0.1, 0.15) is 0 Å². The predicted octanol–water partition coefficient (Wildman–Crippen LogP) is 3.79. The number of likely N-dealkylation sites (N-methyl/N-ethyl adjacent to an activating group) is 1. The minimum atomic E-state index is 0.961. The zero-order valence-corrected chi connectivity index (χ0v) is 13.6. The molecule has 0 unspecified atom stereocenters. The fraction of sp³-hybridized carbons (Fsp3) is 0.385. The van der Waals surface area contributed by atoms with Crippen molar-refractivity contribution in [2.45, 2.75) is 13.1 Å². The van der Waals surface area contributed by atoms with E-state index >= 15 is 0 Å². The standard InChI is InChI=1S/C13H17BrN2S2/c1-16(8-11-2-5-17-9-11)4-3-15-7-13-6-12(14)10-18-13/h2,5-6,9-10,15H,3-4,7-8H2,1H3. The Morgan fingerprint density at radius 2 is 2.28 bits per heavy atom. The van der Waals surface area contributed by atoms with Crippen LogP contribution in [0.25, 0.3) is 0 Å². The number of nitrogens with one attached hydrogen (secondary N) is 1. The number of halogens is 1. The summed E-state index contributed by atoms with van der Waals surface area (Å²) >= 11 is 7.03.